The Morgan fingerprint density at radius 3 is 2.55 bits per heavy atom. The van der Waals surface area contributed by atoms with Gasteiger partial charge in [0, 0.05) is 37.6 Å². The standard InChI is InChI=1S/C15H21N3O2/c1-3-17(4-2)15(20)13-6-5-11-18(13)14(19)12-7-9-16-10-8-12/h7-10,13H,3-6,11H2,1-2H3/t13-/m1/s1. The summed E-state index contributed by atoms with van der Waals surface area (Å²) < 4.78 is 0. The van der Waals surface area contributed by atoms with E-state index in [9.17, 15) is 9.59 Å². The summed E-state index contributed by atoms with van der Waals surface area (Å²) in [5.74, 6) is -0.00897. The Bertz CT molecular complexity index is 471. The summed E-state index contributed by atoms with van der Waals surface area (Å²) in [6, 6.07) is 3.08. The van der Waals surface area contributed by atoms with Crippen LogP contribution in [0, 0.1) is 0 Å². The van der Waals surface area contributed by atoms with Crippen molar-refractivity contribution in [3.05, 3.63) is 30.1 Å². The van der Waals surface area contributed by atoms with Crippen molar-refractivity contribution in [2.75, 3.05) is 19.6 Å². The first-order valence-corrected chi connectivity index (χ1v) is 7.18. The summed E-state index contributed by atoms with van der Waals surface area (Å²) in [5.41, 5.74) is 0.597. The van der Waals surface area contributed by atoms with E-state index in [2.05, 4.69) is 4.98 Å². The number of amides is 2. The molecule has 0 bridgehead atoms. The maximum Gasteiger partial charge on any atom is 0.254 e. The lowest BCUT2D eigenvalue weighted by molar-refractivity contribution is -0.134. The first-order valence-electron chi connectivity index (χ1n) is 7.18. The van der Waals surface area contributed by atoms with Crippen molar-refractivity contribution in [3.63, 3.8) is 0 Å². The fourth-order valence-electron chi connectivity index (χ4n) is 2.67. The van der Waals surface area contributed by atoms with E-state index in [1.165, 1.54) is 0 Å². The SMILES string of the molecule is CCN(CC)C(=O)[C@H]1CCCN1C(=O)c1ccncc1. The van der Waals surface area contributed by atoms with E-state index in [1.54, 1.807) is 34.3 Å². The number of rotatable bonds is 4. The van der Waals surface area contributed by atoms with E-state index in [-0.39, 0.29) is 17.9 Å². The molecule has 0 aliphatic carbocycles. The second-order valence-electron chi connectivity index (χ2n) is 4.90. The molecule has 0 saturated carbocycles. The van der Waals surface area contributed by atoms with E-state index in [4.69, 9.17) is 0 Å². The van der Waals surface area contributed by atoms with Gasteiger partial charge in [0.1, 0.15) is 6.04 Å². The third-order valence-electron chi connectivity index (χ3n) is 3.80. The molecule has 0 aromatic carbocycles. The molecule has 0 radical (unpaired) electrons. The number of nitrogens with zero attached hydrogens (tertiary/aromatic N) is 3. The Hall–Kier alpha value is -1.91. The average Bonchev–Trinajstić information content (AvgIpc) is 2.98. The highest BCUT2D eigenvalue weighted by molar-refractivity contribution is 5.97. The van der Waals surface area contributed by atoms with E-state index < -0.39 is 0 Å². The van der Waals surface area contributed by atoms with Gasteiger partial charge in [0.15, 0.2) is 0 Å². The molecule has 1 saturated heterocycles. The largest absolute Gasteiger partial charge is 0.341 e. The van der Waals surface area contributed by atoms with Crippen molar-refractivity contribution in [1.82, 2.24) is 14.8 Å². The molecule has 1 atom stereocenters. The Balaban J connectivity index is 2.15. The number of likely N-dealkylation sites (tertiary alicyclic amines) is 1. The normalized spacial score (nSPS) is 18.1. The number of aromatic nitrogens is 1. The first kappa shape index (κ1) is 14.5. The predicted molar refractivity (Wildman–Crippen MR) is 76.2 cm³/mol. The molecule has 0 spiro atoms. The van der Waals surface area contributed by atoms with Crippen LogP contribution in [0.2, 0.25) is 0 Å². The molecule has 0 N–H and O–H groups in total. The minimum Gasteiger partial charge on any atom is -0.341 e. The maximum absolute atomic E-state index is 12.5. The molecular formula is C15H21N3O2. The van der Waals surface area contributed by atoms with Crippen molar-refractivity contribution < 1.29 is 9.59 Å². The molecule has 108 valence electrons. The summed E-state index contributed by atoms with van der Waals surface area (Å²) in [7, 11) is 0. The minimum atomic E-state index is -0.310. The van der Waals surface area contributed by atoms with Crippen LogP contribution in [-0.2, 0) is 4.79 Å². The highest BCUT2D eigenvalue weighted by Gasteiger charge is 2.36. The van der Waals surface area contributed by atoms with Crippen LogP contribution >= 0.6 is 0 Å². The van der Waals surface area contributed by atoms with Gasteiger partial charge in [-0.15, -0.1) is 0 Å². The van der Waals surface area contributed by atoms with Crippen molar-refractivity contribution in [2.24, 2.45) is 0 Å². The summed E-state index contributed by atoms with van der Waals surface area (Å²) in [6.45, 7) is 5.95. The molecule has 1 aromatic rings. The van der Waals surface area contributed by atoms with Gasteiger partial charge in [-0.3, -0.25) is 14.6 Å². The summed E-state index contributed by atoms with van der Waals surface area (Å²) in [5, 5.41) is 0. The van der Waals surface area contributed by atoms with Gasteiger partial charge < -0.3 is 9.80 Å². The van der Waals surface area contributed by atoms with Crippen LogP contribution < -0.4 is 0 Å². The number of hydrogen-bond acceptors (Lipinski definition) is 3. The second kappa shape index (κ2) is 6.50. The Labute approximate surface area is 119 Å². The highest BCUT2D eigenvalue weighted by atomic mass is 16.2. The number of hydrogen-bond donors (Lipinski definition) is 0. The predicted octanol–water partition coefficient (Wildman–Crippen LogP) is 1.55. The number of likely N-dealkylation sites (N-methyl/N-ethyl adjacent to an activating group) is 1. The van der Waals surface area contributed by atoms with Crippen LogP contribution in [0.3, 0.4) is 0 Å². The zero-order valence-electron chi connectivity index (χ0n) is 12.1. The van der Waals surface area contributed by atoms with E-state index in [1.807, 2.05) is 13.8 Å². The molecule has 1 aliphatic heterocycles. The molecule has 2 rings (SSSR count). The number of pyridine rings is 1. The van der Waals surface area contributed by atoms with Crippen LogP contribution in [0.15, 0.2) is 24.5 Å². The average molecular weight is 275 g/mol. The van der Waals surface area contributed by atoms with Gasteiger partial charge in [-0.25, -0.2) is 0 Å². The van der Waals surface area contributed by atoms with Crippen molar-refractivity contribution >= 4 is 11.8 Å². The van der Waals surface area contributed by atoms with Gasteiger partial charge in [-0.1, -0.05) is 0 Å². The fraction of sp³-hybridized carbons (Fsp3) is 0.533. The zero-order chi connectivity index (χ0) is 14.5. The number of carbonyl (C=O) groups excluding carboxylic acids is 2. The maximum atomic E-state index is 12.5. The lowest BCUT2D eigenvalue weighted by atomic mass is 10.1. The summed E-state index contributed by atoms with van der Waals surface area (Å²) in [6.07, 6.45) is 4.84. The zero-order valence-corrected chi connectivity index (χ0v) is 12.1. The number of carbonyl (C=O) groups is 2. The van der Waals surface area contributed by atoms with Gasteiger partial charge >= 0.3 is 0 Å². The third kappa shape index (κ3) is 2.81. The summed E-state index contributed by atoms with van der Waals surface area (Å²) in [4.78, 5) is 32.4. The molecule has 20 heavy (non-hydrogen) atoms. The first-order chi connectivity index (χ1) is 9.69. The van der Waals surface area contributed by atoms with Gasteiger partial charge in [0.2, 0.25) is 5.91 Å². The smallest absolute Gasteiger partial charge is 0.254 e. The highest BCUT2D eigenvalue weighted by Crippen LogP contribution is 2.21. The Morgan fingerprint density at radius 1 is 1.30 bits per heavy atom. The van der Waals surface area contributed by atoms with Crippen LogP contribution in [0.1, 0.15) is 37.0 Å². The quantitative estimate of drug-likeness (QED) is 0.838. The van der Waals surface area contributed by atoms with Gasteiger partial charge in [0.05, 0.1) is 0 Å². The molecule has 1 aromatic heterocycles. The molecule has 1 aliphatic rings. The van der Waals surface area contributed by atoms with E-state index >= 15 is 0 Å². The minimum absolute atomic E-state index is 0.0647. The topological polar surface area (TPSA) is 53.5 Å². The fourth-order valence-corrected chi connectivity index (χ4v) is 2.67. The molecule has 5 heteroatoms. The van der Waals surface area contributed by atoms with Gasteiger partial charge in [-0.2, -0.15) is 0 Å². The van der Waals surface area contributed by atoms with Crippen LogP contribution in [-0.4, -0.2) is 52.3 Å². The molecule has 2 amide bonds. The Morgan fingerprint density at radius 2 is 1.95 bits per heavy atom. The van der Waals surface area contributed by atoms with Crippen LogP contribution in [0.4, 0.5) is 0 Å². The van der Waals surface area contributed by atoms with Crippen LogP contribution in [0.5, 0.6) is 0 Å². The molecule has 0 unspecified atom stereocenters. The second-order valence-corrected chi connectivity index (χ2v) is 4.90. The van der Waals surface area contributed by atoms with Gasteiger partial charge in [0.25, 0.3) is 5.91 Å². The van der Waals surface area contributed by atoms with Crippen molar-refractivity contribution in [3.8, 4) is 0 Å². The van der Waals surface area contributed by atoms with E-state index in [0.29, 0.717) is 25.2 Å². The monoisotopic (exact) mass is 275 g/mol. The van der Waals surface area contributed by atoms with Crippen LogP contribution in [0.25, 0.3) is 0 Å². The lowest BCUT2D eigenvalue weighted by Gasteiger charge is -2.29. The summed E-state index contributed by atoms with van der Waals surface area (Å²) >= 11 is 0. The Kier molecular flexibility index (Phi) is 4.71. The molecule has 2 heterocycles. The van der Waals surface area contributed by atoms with Gasteiger partial charge in [-0.05, 0) is 38.8 Å². The molecule has 5 nitrogen and oxygen atoms in total. The van der Waals surface area contributed by atoms with Crippen molar-refractivity contribution in [1.29, 1.82) is 0 Å². The molecular weight excluding hydrogens is 254 g/mol. The van der Waals surface area contributed by atoms with E-state index in [0.717, 1.165) is 12.8 Å². The third-order valence-corrected chi connectivity index (χ3v) is 3.80. The van der Waals surface area contributed by atoms with Crippen molar-refractivity contribution in [2.45, 2.75) is 32.7 Å². The lowest BCUT2D eigenvalue weighted by Crippen LogP contribution is -2.47. The molecule has 1 fully saturated rings.